The van der Waals surface area contributed by atoms with Crippen molar-refractivity contribution in [2.24, 2.45) is 20.7 Å². The van der Waals surface area contributed by atoms with E-state index in [0.29, 0.717) is 10.8 Å². The quantitative estimate of drug-likeness (QED) is 0.570. The number of rotatable bonds is 7. The molecule has 1 aliphatic rings. The fraction of sp³-hybridized carbons (Fsp3) is 0.643. The van der Waals surface area contributed by atoms with E-state index in [2.05, 4.69) is 38.8 Å². The monoisotopic (exact) mass is 290 g/mol. The molecule has 1 aliphatic heterocycles. The molecule has 7 nitrogen and oxygen atoms in total. The fourth-order valence-corrected chi connectivity index (χ4v) is 2.45. The van der Waals surface area contributed by atoms with Gasteiger partial charge in [-0.1, -0.05) is 26.7 Å². The van der Waals surface area contributed by atoms with Gasteiger partial charge in [-0.15, -0.1) is 0 Å². The number of nitrogens with one attached hydrogen (secondary N) is 1. The predicted molar refractivity (Wildman–Crippen MR) is 81.3 cm³/mol. The van der Waals surface area contributed by atoms with Gasteiger partial charge in [0.1, 0.15) is 0 Å². The first-order chi connectivity index (χ1) is 10.1. The number of aliphatic imine (C=N–C) groups is 1. The van der Waals surface area contributed by atoms with Crippen molar-refractivity contribution >= 4 is 12.3 Å². The van der Waals surface area contributed by atoms with Crippen LogP contribution in [0.5, 0.6) is 0 Å². The first-order valence-electron chi connectivity index (χ1n) is 7.48. The third kappa shape index (κ3) is 3.34. The van der Waals surface area contributed by atoms with Crippen molar-refractivity contribution in [3.8, 4) is 0 Å². The molecule has 0 saturated carbocycles. The zero-order valence-electron chi connectivity index (χ0n) is 12.6. The molecule has 0 spiro atoms. The Hall–Kier alpha value is -2.05. The molecule has 0 amide bonds. The molecule has 2 rings (SSSR count). The largest absolute Gasteiger partial charge is 0.390 e. The Morgan fingerprint density at radius 3 is 2.48 bits per heavy atom. The van der Waals surface area contributed by atoms with Crippen molar-refractivity contribution in [3.05, 3.63) is 21.2 Å². The van der Waals surface area contributed by atoms with Crippen molar-refractivity contribution < 1.29 is 0 Å². The highest BCUT2D eigenvalue weighted by Gasteiger charge is 2.31. The van der Waals surface area contributed by atoms with E-state index in [1.165, 1.54) is 0 Å². The minimum Gasteiger partial charge on any atom is -0.390 e. The number of hydrogen-bond donors (Lipinski definition) is 2. The Morgan fingerprint density at radius 2 is 1.90 bits per heavy atom. The van der Waals surface area contributed by atoms with Gasteiger partial charge in [0, 0.05) is 0 Å². The molecule has 0 saturated heterocycles. The normalized spacial score (nSPS) is 15.7. The number of hydrogen-bond acceptors (Lipinski definition) is 5. The summed E-state index contributed by atoms with van der Waals surface area (Å²) in [5.41, 5.74) is 4.78. The van der Waals surface area contributed by atoms with Crippen LogP contribution in [0.15, 0.2) is 19.8 Å². The minimum atomic E-state index is -0.528. The lowest BCUT2D eigenvalue weighted by molar-refractivity contribution is 0.358. The van der Waals surface area contributed by atoms with Crippen molar-refractivity contribution in [3.63, 3.8) is 0 Å². The van der Waals surface area contributed by atoms with Crippen LogP contribution in [0.3, 0.4) is 0 Å². The van der Waals surface area contributed by atoms with Crippen molar-refractivity contribution in [2.45, 2.75) is 58.0 Å². The van der Waals surface area contributed by atoms with Gasteiger partial charge in [0.15, 0.2) is 16.5 Å². The summed E-state index contributed by atoms with van der Waals surface area (Å²) in [5.74, 6) is 0.169. The smallest absolute Gasteiger partial charge is 0.280 e. The van der Waals surface area contributed by atoms with Crippen molar-refractivity contribution in [1.29, 1.82) is 0 Å². The van der Waals surface area contributed by atoms with Gasteiger partial charge >= 0.3 is 0 Å². The first kappa shape index (κ1) is 15.3. The first-order valence-corrected chi connectivity index (χ1v) is 7.48. The maximum atomic E-state index is 12.1. The molecule has 7 heteroatoms. The molecule has 0 unspecified atom stereocenters. The molecule has 114 valence electrons. The van der Waals surface area contributed by atoms with E-state index in [9.17, 15) is 4.79 Å². The van der Waals surface area contributed by atoms with E-state index >= 15 is 0 Å². The second-order valence-electron chi connectivity index (χ2n) is 5.25. The van der Waals surface area contributed by atoms with Crippen LogP contribution in [-0.4, -0.2) is 22.0 Å². The molecule has 0 atom stereocenters. The molecule has 1 aromatic rings. The van der Waals surface area contributed by atoms with Crippen molar-refractivity contribution in [1.82, 2.24) is 9.97 Å². The van der Waals surface area contributed by atoms with Crippen molar-refractivity contribution in [2.75, 3.05) is 0 Å². The average molecular weight is 290 g/mol. The van der Waals surface area contributed by atoms with Crippen LogP contribution in [0, 0.1) is 0 Å². The lowest BCUT2D eigenvalue weighted by atomic mass is 9.97. The van der Waals surface area contributed by atoms with Gasteiger partial charge < -0.3 is 5.73 Å². The summed E-state index contributed by atoms with van der Waals surface area (Å²) < 4.78 is 0. The van der Waals surface area contributed by atoms with Crippen LogP contribution >= 0.6 is 0 Å². The number of nitrogens with two attached hydrogens (primary N) is 1. The lowest BCUT2D eigenvalue weighted by Crippen LogP contribution is -2.40. The summed E-state index contributed by atoms with van der Waals surface area (Å²) in [5, 5.41) is 0.318. The van der Waals surface area contributed by atoms with Crippen LogP contribution in [-0.2, 0) is 0 Å². The third-order valence-electron chi connectivity index (χ3n) is 3.56. The Kier molecular flexibility index (Phi) is 4.82. The van der Waals surface area contributed by atoms with Gasteiger partial charge in [-0.3, -0.25) is 9.78 Å². The van der Waals surface area contributed by atoms with Gasteiger partial charge in [0.2, 0.25) is 5.95 Å². The number of aromatic nitrogens is 2. The number of aromatic amines is 1. The van der Waals surface area contributed by atoms with Crippen LogP contribution in [0.1, 0.15) is 52.4 Å². The highest BCUT2D eigenvalue weighted by molar-refractivity contribution is 5.55. The number of fused-ring (bicyclic) bond motifs is 1. The topological polar surface area (TPSA) is 109 Å². The summed E-state index contributed by atoms with van der Waals surface area (Å²) in [6, 6.07) is 0. The summed E-state index contributed by atoms with van der Waals surface area (Å²) in [4.78, 5) is 31.9. The standard InChI is InChI=1S/C14H22N6O/c1-3-5-7-14(8-6-4-2)19-10-11(20-14)17-13(16-9-15)18-12(10)21/h9H,3-8H2,1-2H3,(H3,15,16,17,18,20,21). The summed E-state index contributed by atoms with van der Waals surface area (Å²) in [6.07, 6.45) is 6.97. The molecule has 0 aromatic carbocycles. The van der Waals surface area contributed by atoms with Crippen LogP contribution in [0.2, 0.25) is 0 Å². The SMILES string of the molecule is CCCCC1(CCCC)N=c2nc(N=CN)[nH]c(=O)c2=N1. The highest BCUT2D eigenvalue weighted by Crippen LogP contribution is 2.27. The summed E-state index contributed by atoms with van der Waals surface area (Å²) >= 11 is 0. The van der Waals surface area contributed by atoms with E-state index in [1.807, 2.05) is 0 Å². The van der Waals surface area contributed by atoms with Crippen LogP contribution < -0.4 is 22.1 Å². The summed E-state index contributed by atoms with van der Waals surface area (Å²) in [6.45, 7) is 4.27. The number of nitrogens with zero attached hydrogens (tertiary/aromatic N) is 4. The van der Waals surface area contributed by atoms with Crippen LogP contribution in [0.4, 0.5) is 5.95 Å². The van der Waals surface area contributed by atoms with Crippen LogP contribution in [0.25, 0.3) is 0 Å². The molecule has 0 radical (unpaired) electrons. The Labute approximate surface area is 123 Å². The van der Waals surface area contributed by atoms with Gasteiger partial charge in [-0.25, -0.2) is 15.0 Å². The Bertz CT molecular complexity index is 682. The number of unbranched alkanes of at least 4 members (excludes halogenated alkanes) is 2. The average Bonchev–Trinajstić information content (AvgIpc) is 2.83. The zero-order valence-corrected chi connectivity index (χ0v) is 12.6. The molecule has 0 bridgehead atoms. The Morgan fingerprint density at radius 1 is 1.24 bits per heavy atom. The van der Waals surface area contributed by atoms with Gasteiger partial charge in [0.25, 0.3) is 5.56 Å². The van der Waals surface area contributed by atoms with E-state index < -0.39 is 5.66 Å². The molecule has 1 aromatic heterocycles. The second-order valence-corrected chi connectivity index (χ2v) is 5.25. The van der Waals surface area contributed by atoms with Gasteiger partial charge in [0.05, 0.1) is 6.34 Å². The molecular formula is C14H22N6O. The molecular weight excluding hydrogens is 268 g/mol. The van der Waals surface area contributed by atoms with E-state index in [0.717, 1.165) is 44.9 Å². The number of H-pyrrole nitrogens is 1. The maximum Gasteiger partial charge on any atom is 0.280 e. The van der Waals surface area contributed by atoms with E-state index in [-0.39, 0.29) is 11.5 Å². The predicted octanol–water partition coefficient (Wildman–Crippen LogP) is 0.718. The maximum absolute atomic E-state index is 12.1. The van der Waals surface area contributed by atoms with Gasteiger partial charge in [-0.2, -0.15) is 4.98 Å². The molecule has 0 fully saturated rings. The summed E-state index contributed by atoms with van der Waals surface area (Å²) in [7, 11) is 0. The fourth-order valence-electron chi connectivity index (χ4n) is 2.45. The van der Waals surface area contributed by atoms with Gasteiger partial charge in [-0.05, 0) is 25.7 Å². The molecule has 21 heavy (non-hydrogen) atoms. The molecule has 3 N–H and O–H groups in total. The second kappa shape index (κ2) is 6.60. The zero-order chi connectivity index (χ0) is 15.3. The lowest BCUT2D eigenvalue weighted by Gasteiger charge is -2.22. The Balaban J connectivity index is 2.48. The highest BCUT2D eigenvalue weighted by atomic mass is 16.1. The van der Waals surface area contributed by atoms with E-state index in [1.54, 1.807) is 0 Å². The minimum absolute atomic E-state index is 0.169. The van der Waals surface area contributed by atoms with E-state index in [4.69, 9.17) is 5.73 Å². The molecule has 0 aliphatic carbocycles. The molecule has 2 heterocycles. The third-order valence-corrected chi connectivity index (χ3v) is 3.56.